The SMILES string of the molecule is CC(C)c1cc(C(F)(F)F)c2cnoc2n1. The summed E-state index contributed by atoms with van der Waals surface area (Å²) in [5, 5.41) is 3.24. The first-order chi connectivity index (χ1) is 7.39. The third kappa shape index (κ3) is 1.75. The first-order valence-corrected chi connectivity index (χ1v) is 4.72. The molecule has 16 heavy (non-hydrogen) atoms. The summed E-state index contributed by atoms with van der Waals surface area (Å²) in [6.45, 7) is 3.54. The maximum atomic E-state index is 12.7. The van der Waals surface area contributed by atoms with Crippen molar-refractivity contribution >= 4 is 11.1 Å². The fraction of sp³-hybridized carbons (Fsp3) is 0.400. The van der Waals surface area contributed by atoms with E-state index in [1.54, 1.807) is 13.8 Å². The van der Waals surface area contributed by atoms with E-state index < -0.39 is 11.7 Å². The topological polar surface area (TPSA) is 38.9 Å². The zero-order chi connectivity index (χ0) is 11.9. The molecule has 0 aliphatic carbocycles. The van der Waals surface area contributed by atoms with Crippen LogP contribution in [0.25, 0.3) is 11.1 Å². The third-order valence-corrected chi connectivity index (χ3v) is 2.26. The second-order valence-corrected chi connectivity index (χ2v) is 3.79. The standard InChI is InChI=1S/C10H9F3N2O/c1-5(2)8-3-7(10(11,12)13)6-4-14-16-9(6)15-8/h3-5H,1-2H3. The Morgan fingerprint density at radius 3 is 2.56 bits per heavy atom. The molecule has 3 nitrogen and oxygen atoms in total. The lowest BCUT2D eigenvalue weighted by atomic mass is 10.1. The van der Waals surface area contributed by atoms with Crippen LogP contribution in [-0.4, -0.2) is 10.1 Å². The summed E-state index contributed by atoms with van der Waals surface area (Å²) in [5.41, 5.74) is -0.474. The number of halogens is 3. The number of nitrogens with zero attached hydrogens (tertiary/aromatic N) is 2. The van der Waals surface area contributed by atoms with Crippen molar-refractivity contribution in [1.82, 2.24) is 10.1 Å². The van der Waals surface area contributed by atoms with Crippen molar-refractivity contribution in [3.8, 4) is 0 Å². The number of rotatable bonds is 1. The van der Waals surface area contributed by atoms with E-state index in [1.165, 1.54) is 0 Å². The van der Waals surface area contributed by atoms with Gasteiger partial charge in [-0.15, -0.1) is 0 Å². The summed E-state index contributed by atoms with van der Waals surface area (Å²) in [6.07, 6.45) is -3.38. The highest BCUT2D eigenvalue weighted by molar-refractivity contribution is 5.77. The third-order valence-electron chi connectivity index (χ3n) is 2.26. The minimum absolute atomic E-state index is 0.0708. The van der Waals surface area contributed by atoms with E-state index in [1.807, 2.05) is 0 Å². The van der Waals surface area contributed by atoms with Gasteiger partial charge in [-0.3, -0.25) is 0 Å². The summed E-state index contributed by atoms with van der Waals surface area (Å²) in [5.74, 6) is -0.101. The first kappa shape index (κ1) is 10.9. The highest BCUT2D eigenvalue weighted by atomic mass is 19.4. The van der Waals surface area contributed by atoms with Gasteiger partial charge in [0.15, 0.2) is 0 Å². The summed E-state index contributed by atoms with van der Waals surface area (Å²) in [6, 6.07) is 1.05. The lowest BCUT2D eigenvalue weighted by Gasteiger charge is -2.10. The van der Waals surface area contributed by atoms with Crippen LogP contribution in [0.4, 0.5) is 13.2 Å². The molecule has 0 saturated heterocycles. The molecule has 0 amide bonds. The van der Waals surface area contributed by atoms with Crippen molar-refractivity contribution in [2.24, 2.45) is 0 Å². The molecule has 2 rings (SSSR count). The number of fused-ring (bicyclic) bond motifs is 1. The number of aromatic nitrogens is 2. The predicted octanol–water partition coefficient (Wildman–Crippen LogP) is 3.37. The van der Waals surface area contributed by atoms with Crippen LogP contribution in [0.1, 0.15) is 31.0 Å². The Balaban J connectivity index is 2.74. The van der Waals surface area contributed by atoms with E-state index in [4.69, 9.17) is 0 Å². The van der Waals surface area contributed by atoms with Crippen molar-refractivity contribution < 1.29 is 17.7 Å². The van der Waals surface area contributed by atoms with Crippen molar-refractivity contribution in [2.75, 3.05) is 0 Å². The van der Waals surface area contributed by atoms with Crippen molar-refractivity contribution in [3.63, 3.8) is 0 Å². The molecule has 2 aromatic rings. The monoisotopic (exact) mass is 230 g/mol. The van der Waals surface area contributed by atoms with Crippen molar-refractivity contribution in [3.05, 3.63) is 23.5 Å². The summed E-state index contributed by atoms with van der Waals surface area (Å²) >= 11 is 0. The van der Waals surface area contributed by atoms with Gasteiger partial charge in [-0.2, -0.15) is 13.2 Å². The van der Waals surface area contributed by atoms with Crippen LogP contribution in [0.5, 0.6) is 0 Å². The molecule has 0 unspecified atom stereocenters. The van der Waals surface area contributed by atoms with Crippen LogP contribution < -0.4 is 0 Å². The van der Waals surface area contributed by atoms with Gasteiger partial charge in [-0.1, -0.05) is 19.0 Å². The quantitative estimate of drug-likeness (QED) is 0.753. The molecule has 0 bridgehead atoms. The Morgan fingerprint density at radius 2 is 2.00 bits per heavy atom. The van der Waals surface area contributed by atoms with E-state index in [-0.39, 0.29) is 17.0 Å². The first-order valence-electron chi connectivity index (χ1n) is 4.72. The highest BCUT2D eigenvalue weighted by Crippen LogP contribution is 2.35. The molecule has 0 radical (unpaired) electrons. The van der Waals surface area contributed by atoms with Crippen LogP contribution in [0.2, 0.25) is 0 Å². The van der Waals surface area contributed by atoms with E-state index in [0.29, 0.717) is 5.69 Å². The Hall–Kier alpha value is -1.59. The molecule has 86 valence electrons. The van der Waals surface area contributed by atoms with E-state index in [0.717, 1.165) is 12.3 Å². The van der Waals surface area contributed by atoms with E-state index in [2.05, 4.69) is 14.7 Å². The van der Waals surface area contributed by atoms with Crippen LogP contribution in [0, 0.1) is 0 Å². The van der Waals surface area contributed by atoms with Crippen LogP contribution >= 0.6 is 0 Å². The van der Waals surface area contributed by atoms with Crippen LogP contribution in [0.3, 0.4) is 0 Å². The second kappa shape index (κ2) is 3.47. The van der Waals surface area contributed by atoms with Crippen LogP contribution in [-0.2, 0) is 6.18 Å². The smallest absolute Gasteiger partial charge is 0.336 e. The molecule has 2 heterocycles. The zero-order valence-corrected chi connectivity index (χ0v) is 8.67. The summed E-state index contributed by atoms with van der Waals surface area (Å²) in [7, 11) is 0. The van der Waals surface area contributed by atoms with Gasteiger partial charge in [0.05, 0.1) is 17.1 Å². The molecule has 0 fully saturated rings. The lowest BCUT2D eigenvalue weighted by molar-refractivity contribution is -0.136. The average molecular weight is 230 g/mol. The second-order valence-electron chi connectivity index (χ2n) is 3.79. The molecular weight excluding hydrogens is 221 g/mol. The van der Waals surface area contributed by atoms with Gasteiger partial charge in [0.2, 0.25) is 0 Å². The van der Waals surface area contributed by atoms with Gasteiger partial charge in [-0.05, 0) is 12.0 Å². The fourth-order valence-electron chi connectivity index (χ4n) is 1.40. The predicted molar refractivity (Wildman–Crippen MR) is 50.9 cm³/mol. The minimum Gasteiger partial charge on any atom is -0.336 e. The Kier molecular flexibility index (Phi) is 2.36. The molecule has 0 aliphatic heterocycles. The number of alkyl halides is 3. The molecule has 0 N–H and O–H groups in total. The van der Waals surface area contributed by atoms with Gasteiger partial charge in [0.1, 0.15) is 0 Å². The molecule has 0 saturated carbocycles. The van der Waals surface area contributed by atoms with Gasteiger partial charge in [-0.25, -0.2) is 4.98 Å². The van der Waals surface area contributed by atoms with Crippen molar-refractivity contribution in [1.29, 1.82) is 0 Å². The summed E-state index contributed by atoms with van der Waals surface area (Å²) < 4.78 is 42.9. The lowest BCUT2D eigenvalue weighted by Crippen LogP contribution is -2.07. The van der Waals surface area contributed by atoms with Gasteiger partial charge in [0.25, 0.3) is 5.71 Å². The molecule has 0 atom stereocenters. The maximum Gasteiger partial charge on any atom is 0.417 e. The molecule has 0 aliphatic rings. The molecule has 2 aromatic heterocycles. The zero-order valence-electron chi connectivity index (χ0n) is 8.67. The number of hydrogen-bond acceptors (Lipinski definition) is 3. The minimum atomic E-state index is -4.42. The Morgan fingerprint density at radius 1 is 1.31 bits per heavy atom. The molecular formula is C10H9F3N2O. The van der Waals surface area contributed by atoms with Gasteiger partial charge >= 0.3 is 6.18 Å². The Bertz CT molecular complexity index is 516. The normalized spacial score (nSPS) is 12.6. The fourth-order valence-corrected chi connectivity index (χ4v) is 1.40. The van der Waals surface area contributed by atoms with Gasteiger partial charge in [0, 0.05) is 5.69 Å². The van der Waals surface area contributed by atoms with Crippen molar-refractivity contribution in [2.45, 2.75) is 25.9 Å². The molecule has 0 spiro atoms. The Labute approximate surface area is 89.3 Å². The van der Waals surface area contributed by atoms with Gasteiger partial charge < -0.3 is 4.52 Å². The average Bonchev–Trinajstić information content (AvgIpc) is 2.61. The highest BCUT2D eigenvalue weighted by Gasteiger charge is 2.34. The molecule has 6 heteroatoms. The van der Waals surface area contributed by atoms with E-state index >= 15 is 0 Å². The molecule has 0 aromatic carbocycles. The summed E-state index contributed by atoms with van der Waals surface area (Å²) in [4.78, 5) is 3.98. The number of hydrogen-bond donors (Lipinski definition) is 0. The van der Waals surface area contributed by atoms with Crippen LogP contribution in [0.15, 0.2) is 16.8 Å². The maximum absolute atomic E-state index is 12.7. The number of pyridine rings is 1. The largest absolute Gasteiger partial charge is 0.417 e. The van der Waals surface area contributed by atoms with E-state index in [9.17, 15) is 13.2 Å².